The zero-order valence-corrected chi connectivity index (χ0v) is 9.64. The molecule has 0 saturated carbocycles. The van der Waals surface area contributed by atoms with Crippen molar-refractivity contribution in [3.8, 4) is 0 Å². The number of nitrogens with zero attached hydrogens (tertiary/aromatic N) is 1. The Kier molecular flexibility index (Phi) is 4.98. The minimum Gasteiger partial charge on any atom is -0.309 e. The van der Waals surface area contributed by atoms with Gasteiger partial charge in [-0.15, -0.1) is 0 Å². The molecule has 0 atom stereocenters. The molecule has 0 aromatic heterocycles. The van der Waals surface area contributed by atoms with Crippen LogP contribution in [0.15, 0.2) is 23.8 Å². The van der Waals surface area contributed by atoms with Gasteiger partial charge in [-0.05, 0) is 26.9 Å². The summed E-state index contributed by atoms with van der Waals surface area (Å²) < 4.78 is 0. The summed E-state index contributed by atoms with van der Waals surface area (Å²) in [6.07, 6.45) is 8.12. The van der Waals surface area contributed by atoms with Crippen LogP contribution in [0.5, 0.6) is 0 Å². The Morgan fingerprint density at radius 2 is 2.29 bits per heavy atom. The molecule has 3 heteroatoms. The van der Waals surface area contributed by atoms with Crippen LogP contribution in [0.1, 0.15) is 12.8 Å². The van der Waals surface area contributed by atoms with E-state index in [9.17, 15) is 4.79 Å². The van der Waals surface area contributed by atoms with Crippen LogP contribution in [-0.4, -0.2) is 36.4 Å². The lowest BCUT2D eigenvalue weighted by Crippen LogP contribution is -2.15. The summed E-state index contributed by atoms with van der Waals surface area (Å²) in [5, 5.41) is 0.211. The zero-order valence-electron chi connectivity index (χ0n) is 8.82. The Morgan fingerprint density at radius 3 is 2.86 bits per heavy atom. The maximum absolute atomic E-state index is 11.6. The summed E-state index contributed by atoms with van der Waals surface area (Å²) in [6, 6.07) is 0. The van der Waals surface area contributed by atoms with Crippen LogP contribution in [-0.2, 0) is 4.79 Å². The van der Waals surface area contributed by atoms with Gasteiger partial charge >= 0.3 is 0 Å². The van der Waals surface area contributed by atoms with Gasteiger partial charge in [-0.1, -0.05) is 30.0 Å². The highest BCUT2D eigenvalue weighted by atomic mass is 32.2. The van der Waals surface area contributed by atoms with Gasteiger partial charge in [0.15, 0.2) is 0 Å². The number of thioether (sulfide) groups is 1. The number of carbonyl (C=O) groups excluding carboxylic acids is 1. The first kappa shape index (κ1) is 11.5. The highest BCUT2D eigenvalue weighted by molar-refractivity contribution is 8.14. The first-order valence-corrected chi connectivity index (χ1v) is 5.87. The van der Waals surface area contributed by atoms with E-state index in [-0.39, 0.29) is 5.12 Å². The normalized spacial score (nSPS) is 15.8. The largest absolute Gasteiger partial charge is 0.309 e. The van der Waals surface area contributed by atoms with Gasteiger partial charge < -0.3 is 4.90 Å². The Morgan fingerprint density at radius 1 is 1.50 bits per heavy atom. The average Bonchev–Trinajstić information content (AvgIpc) is 2.18. The highest BCUT2D eigenvalue weighted by Crippen LogP contribution is 2.16. The van der Waals surface area contributed by atoms with Crippen molar-refractivity contribution in [1.82, 2.24) is 4.90 Å². The van der Waals surface area contributed by atoms with E-state index in [0.717, 1.165) is 30.7 Å². The fraction of sp³-hybridized carbons (Fsp3) is 0.545. The van der Waals surface area contributed by atoms with Gasteiger partial charge in [0.2, 0.25) is 5.12 Å². The van der Waals surface area contributed by atoms with E-state index >= 15 is 0 Å². The van der Waals surface area contributed by atoms with E-state index in [1.165, 1.54) is 11.8 Å². The second-order valence-corrected chi connectivity index (χ2v) is 4.65. The standard InChI is InChI=1S/C11H17NOS/c1-12(2)8-9-14-11(13)10-6-4-3-5-7-10/h4,6-7H,3,5,8-9H2,1-2H3. The maximum Gasteiger partial charge on any atom is 0.219 e. The molecule has 78 valence electrons. The number of rotatable bonds is 4. The third-order valence-electron chi connectivity index (χ3n) is 2.00. The lowest BCUT2D eigenvalue weighted by molar-refractivity contribution is -0.107. The van der Waals surface area contributed by atoms with Crippen LogP contribution in [0.3, 0.4) is 0 Å². The summed E-state index contributed by atoms with van der Waals surface area (Å²) in [5.41, 5.74) is 0.875. The molecule has 0 N–H and O–H groups in total. The van der Waals surface area contributed by atoms with E-state index in [2.05, 4.69) is 11.0 Å². The van der Waals surface area contributed by atoms with Crippen molar-refractivity contribution in [3.05, 3.63) is 23.8 Å². The van der Waals surface area contributed by atoms with Gasteiger partial charge in [0.25, 0.3) is 0 Å². The van der Waals surface area contributed by atoms with Gasteiger partial charge in [0.05, 0.1) is 0 Å². The predicted molar refractivity (Wildman–Crippen MR) is 62.5 cm³/mol. The van der Waals surface area contributed by atoms with Crippen molar-refractivity contribution < 1.29 is 4.79 Å². The lowest BCUT2D eigenvalue weighted by atomic mass is 10.1. The average molecular weight is 211 g/mol. The molecule has 14 heavy (non-hydrogen) atoms. The molecule has 2 nitrogen and oxygen atoms in total. The van der Waals surface area contributed by atoms with E-state index in [0.29, 0.717) is 0 Å². The van der Waals surface area contributed by atoms with Gasteiger partial charge in [-0.2, -0.15) is 0 Å². The molecule has 1 aliphatic rings. The van der Waals surface area contributed by atoms with E-state index in [1.54, 1.807) is 0 Å². The van der Waals surface area contributed by atoms with Crippen molar-refractivity contribution in [2.75, 3.05) is 26.4 Å². The maximum atomic E-state index is 11.6. The Balaban J connectivity index is 2.28. The third-order valence-corrected chi connectivity index (χ3v) is 2.89. The molecule has 0 aromatic carbocycles. The number of carbonyl (C=O) groups is 1. The number of allylic oxidation sites excluding steroid dienone is 3. The van der Waals surface area contributed by atoms with Crippen molar-refractivity contribution in [3.63, 3.8) is 0 Å². The van der Waals surface area contributed by atoms with Crippen molar-refractivity contribution in [2.45, 2.75) is 12.8 Å². The van der Waals surface area contributed by atoms with Crippen LogP contribution in [0.4, 0.5) is 0 Å². The fourth-order valence-corrected chi connectivity index (χ4v) is 2.13. The second kappa shape index (κ2) is 6.04. The molecule has 0 amide bonds. The van der Waals surface area contributed by atoms with Gasteiger partial charge in [-0.3, -0.25) is 4.79 Å². The summed E-state index contributed by atoms with van der Waals surface area (Å²) in [7, 11) is 4.04. The van der Waals surface area contributed by atoms with Crippen LogP contribution in [0.25, 0.3) is 0 Å². The first-order chi connectivity index (χ1) is 6.70. The quantitative estimate of drug-likeness (QED) is 0.710. The zero-order chi connectivity index (χ0) is 10.4. The van der Waals surface area contributed by atoms with Crippen LogP contribution in [0, 0.1) is 0 Å². The van der Waals surface area contributed by atoms with Crippen LogP contribution in [0.2, 0.25) is 0 Å². The predicted octanol–water partition coefficient (Wildman–Crippen LogP) is 2.08. The Hall–Kier alpha value is -0.540. The van der Waals surface area contributed by atoms with Crippen molar-refractivity contribution in [1.29, 1.82) is 0 Å². The molecule has 0 fully saturated rings. The van der Waals surface area contributed by atoms with Crippen LogP contribution < -0.4 is 0 Å². The first-order valence-electron chi connectivity index (χ1n) is 4.88. The molecular formula is C11H17NOS. The highest BCUT2D eigenvalue weighted by Gasteiger charge is 2.08. The molecule has 0 bridgehead atoms. The molecule has 1 aliphatic carbocycles. The van der Waals surface area contributed by atoms with Crippen molar-refractivity contribution >= 4 is 16.9 Å². The summed E-state index contributed by atoms with van der Waals surface area (Å²) >= 11 is 1.41. The van der Waals surface area contributed by atoms with E-state index < -0.39 is 0 Å². The van der Waals surface area contributed by atoms with Gasteiger partial charge in [0.1, 0.15) is 0 Å². The minimum atomic E-state index is 0.211. The molecule has 0 saturated heterocycles. The molecule has 0 aromatic rings. The third kappa shape index (κ3) is 4.11. The lowest BCUT2D eigenvalue weighted by Gasteiger charge is -2.09. The molecule has 0 radical (unpaired) electrons. The van der Waals surface area contributed by atoms with Gasteiger partial charge in [0, 0.05) is 17.9 Å². The molecular weight excluding hydrogens is 194 g/mol. The van der Waals surface area contributed by atoms with Gasteiger partial charge in [-0.25, -0.2) is 0 Å². The molecule has 0 aliphatic heterocycles. The Bertz CT molecular complexity index is 256. The molecule has 0 unspecified atom stereocenters. The number of hydrogen-bond donors (Lipinski definition) is 0. The smallest absolute Gasteiger partial charge is 0.219 e. The van der Waals surface area contributed by atoms with Crippen LogP contribution >= 0.6 is 11.8 Å². The van der Waals surface area contributed by atoms with Crippen molar-refractivity contribution in [2.24, 2.45) is 0 Å². The van der Waals surface area contributed by atoms with E-state index in [4.69, 9.17) is 0 Å². The van der Waals surface area contributed by atoms with E-state index in [1.807, 2.05) is 26.2 Å². The summed E-state index contributed by atoms with van der Waals surface area (Å²) in [5.74, 6) is 0.872. The topological polar surface area (TPSA) is 20.3 Å². The Labute approximate surface area is 90.0 Å². The minimum absolute atomic E-state index is 0.211. The summed E-state index contributed by atoms with van der Waals surface area (Å²) in [4.78, 5) is 13.7. The monoisotopic (exact) mass is 211 g/mol. The molecule has 0 spiro atoms. The molecule has 1 rings (SSSR count). The fourth-order valence-electron chi connectivity index (χ4n) is 1.17. The summed E-state index contributed by atoms with van der Waals surface area (Å²) in [6.45, 7) is 0.952. The second-order valence-electron chi connectivity index (χ2n) is 3.58. The molecule has 0 heterocycles. The SMILES string of the molecule is CN(C)CCSC(=O)C1=CCCC=C1. The number of hydrogen-bond acceptors (Lipinski definition) is 3.